The summed E-state index contributed by atoms with van der Waals surface area (Å²) >= 11 is 0.765. The number of ether oxygens (including phenoxy) is 1. The third-order valence-electron chi connectivity index (χ3n) is 1.25. The van der Waals surface area contributed by atoms with Crippen LogP contribution in [0.25, 0.3) is 0 Å². The van der Waals surface area contributed by atoms with E-state index < -0.39 is 6.09 Å². The Morgan fingerprint density at radius 1 is 1.46 bits per heavy atom. The average molecular weight is 195 g/mol. The molecule has 0 aliphatic rings. The van der Waals surface area contributed by atoms with E-state index in [0.29, 0.717) is 0 Å². The van der Waals surface area contributed by atoms with E-state index in [1.54, 1.807) is 0 Å². The number of amides is 1. The number of benzene rings is 1. The van der Waals surface area contributed by atoms with Gasteiger partial charge in [0.15, 0.2) is 0 Å². The number of nitrogens with zero attached hydrogens (tertiary/aromatic N) is 1. The number of hydrogen-bond acceptors (Lipinski definition) is 2. The van der Waals surface area contributed by atoms with Gasteiger partial charge >= 0.3 is 6.09 Å². The molecule has 0 bridgehead atoms. The summed E-state index contributed by atoms with van der Waals surface area (Å²) in [5.41, 5.74) is 0. The topological polar surface area (TPSA) is 38.7 Å². The molecule has 13 heavy (non-hydrogen) atoms. The molecule has 0 saturated heterocycles. The van der Waals surface area contributed by atoms with Crippen LogP contribution in [0.3, 0.4) is 0 Å². The van der Waals surface area contributed by atoms with E-state index in [-0.39, 0.29) is 0 Å². The summed E-state index contributed by atoms with van der Waals surface area (Å²) in [6.07, 6.45) is -0.622. The van der Waals surface area contributed by atoms with Crippen LogP contribution in [0.15, 0.2) is 40.2 Å². The molecule has 0 N–H and O–H groups in total. The van der Waals surface area contributed by atoms with Crippen LogP contribution in [0.4, 0.5) is 4.79 Å². The van der Waals surface area contributed by atoms with Crippen molar-refractivity contribution in [3.05, 3.63) is 30.3 Å². The summed E-state index contributed by atoms with van der Waals surface area (Å²) in [6, 6.07) is 9.63. The van der Waals surface area contributed by atoms with Crippen molar-refractivity contribution in [1.29, 1.82) is 0 Å². The Morgan fingerprint density at radius 3 is 2.77 bits per heavy atom. The molecule has 0 spiro atoms. The molecule has 0 fully saturated rings. The third-order valence-corrected chi connectivity index (χ3v) is 2.01. The van der Waals surface area contributed by atoms with Crippen LogP contribution < -0.4 is 0 Å². The van der Waals surface area contributed by atoms with Crippen molar-refractivity contribution in [2.45, 2.75) is 4.90 Å². The zero-order valence-corrected chi connectivity index (χ0v) is 7.99. The van der Waals surface area contributed by atoms with Gasteiger partial charge < -0.3 is 4.74 Å². The van der Waals surface area contributed by atoms with E-state index >= 15 is 0 Å². The van der Waals surface area contributed by atoms with Crippen molar-refractivity contribution in [1.82, 2.24) is 0 Å². The van der Waals surface area contributed by atoms with Gasteiger partial charge in [0.1, 0.15) is 0 Å². The summed E-state index contributed by atoms with van der Waals surface area (Å²) in [6.45, 7) is 0. The molecule has 0 radical (unpaired) electrons. The molecule has 0 atom stereocenters. The quantitative estimate of drug-likeness (QED) is 0.424. The molecule has 3 nitrogen and oxygen atoms in total. The molecule has 68 valence electrons. The maximum absolute atomic E-state index is 10.5. The van der Waals surface area contributed by atoms with Crippen molar-refractivity contribution in [2.24, 2.45) is 4.99 Å². The zero-order chi connectivity index (χ0) is 9.52. The van der Waals surface area contributed by atoms with Crippen LogP contribution >= 0.6 is 11.4 Å². The van der Waals surface area contributed by atoms with Crippen molar-refractivity contribution in [2.75, 3.05) is 7.11 Å². The maximum atomic E-state index is 10.5. The summed E-state index contributed by atoms with van der Waals surface area (Å²) in [5.74, 6) is 0. The largest absolute Gasteiger partial charge is 0.451 e. The van der Waals surface area contributed by atoms with Crippen LogP contribution in [0, 0.1) is 0 Å². The van der Waals surface area contributed by atoms with Gasteiger partial charge in [0, 0.05) is 10.1 Å². The van der Waals surface area contributed by atoms with Gasteiger partial charge in [-0.25, -0.2) is 4.79 Å². The maximum Gasteiger partial charge on any atom is 0.442 e. The Hall–Kier alpha value is -1.38. The number of aliphatic imine (C=N–C) groups is 1. The predicted octanol–water partition coefficient (Wildman–Crippen LogP) is 2.18. The molecule has 1 rings (SSSR count). The molecule has 0 saturated carbocycles. The van der Waals surface area contributed by atoms with Crippen LogP contribution in [-0.2, 0) is 4.74 Å². The van der Waals surface area contributed by atoms with Crippen LogP contribution in [0.2, 0.25) is 0 Å². The summed E-state index contributed by atoms with van der Waals surface area (Å²) in [4.78, 5) is 15.0. The first-order valence-corrected chi connectivity index (χ1v) is 4.52. The van der Waals surface area contributed by atoms with Crippen molar-refractivity contribution in [3.63, 3.8) is 0 Å². The van der Waals surface area contributed by atoms with Crippen molar-refractivity contribution < 1.29 is 9.53 Å². The number of isothiocyanates is 1. The van der Waals surface area contributed by atoms with Gasteiger partial charge in [-0.1, -0.05) is 18.2 Å². The second-order valence-corrected chi connectivity index (χ2v) is 3.07. The fourth-order valence-corrected chi connectivity index (χ4v) is 1.24. The Morgan fingerprint density at radius 2 is 2.15 bits per heavy atom. The highest BCUT2D eigenvalue weighted by Crippen LogP contribution is 2.06. The molecule has 0 aliphatic heterocycles. The molecule has 4 heteroatoms. The lowest BCUT2D eigenvalue weighted by Gasteiger charge is -1.87. The zero-order valence-electron chi connectivity index (χ0n) is 7.10. The predicted molar refractivity (Wildman–Crippen MR) is 53.5 cm³/mol. The number of hydrogen-bond donors (Lipinski definition) is 1. The van der Waals surface area contributed by atoms with E-state index in [1.165, 1.54) is 7.11 Å². The average Bonchev–Trinajstić information content (AvgIpc) is 2.19. The first-order chi connectivity index (χ1) is 6.33. The fraction of sp³-hybridized carbons (Fsp3) is 0.111. The summed E-state index contributed by atoms with van der Waals surface area (Å²) < 4.78 is 4.32. The minimum atomic E-state index is -0.622. The molecule has 1 aromatic rings. The first kappa shape index (κ1) is 9.71. The summed E-state index contributed by atoms with van der Waals surface area (Å²) in [5, 5.41) is 2.58. The minimum Gasteiger partial charge on any atom is -0.451 e. The van der Waals surface area contributed by atoms with Gasteiger partial charge in [0.25, 0.3) is 0 Å². The molecule has 0 aliphatic carbocycles. The molecular formula is C9H9NO2S. The normalized spacial score (nSPS) is 8.69. The molecule has 0 unspecified atom stereocenters. The second kappa shape index (κ2) is 5.30. The van der Waals surface area contributed by atoms with Crippen LogP contribution in [0.1, 0.15) is 0 Å². The number of carbonyl (C=O) groups is 1. The van der Waals surface area contributed by atoms with Gasteiger partial charge in [-0.05, 0) is 12.1 Å². The van der Waals surface area contributed by atoms with E-state index in [9.17, 15) is 4.79 Å². The monoisotopic (exact) mass is 195 g/mol. The van der Waals surface area contributed by atoms with Crippen LogP contribution in [0.5, 0.6) is 0 Å². The second-order valence-electron chi connectivity index (χ2n) is 2.13. The smallest absolute Gasteiger partial charge is 0.442 e. The van der Waals surface area contributed by atoms with E-state index in [0.717, 1.165) is 16.2 Å². The lowest BCUT2D eigenvalue weighted by atomic mass is 10.4. The van der Waals surface area contributed by atoms with Gasteiger partial charge in [-0.3, -0.25) is 0 Å². The standard InChI is InChI=1S/C9H9NO2S/c1-12-9(11)10-7-13-8-5-3-2-4-6-8/h2-6,13H,1H3. The fourth-order valence-electron chi connectivity index (χ4n) is 0.672. The van der Waals surface area contributed by atoms with Crippen molar-refractivity contribution in [3.8, 4) is 0 Å². The van der Waals surface area contributed by atoms with Crippen LogP contribution in [-0.4, -0.2) is 18.4 Å². The van der Waals surface area contributed by atoms with Gasteiger partial charge in [0.05, 0.1) is 7.11 Å². The number of methoxy groups -OCH3 is 1. The molecule has 1 amide bonds. The van der Waals surface area contributed by atoms with E-state index in [2.05, 4.69) is 14.9 Å². The molecule has 1 aromatic carbocycles. The van der Waals surface area contributed by atoms with Gasteiger partial charge in [-0.2, -0.15) is 0 Å². The third kappa shape index (κ3) is 3.69. The Bertz CT molecular complexity index is 342. The minimum absolute atomic E-state index is 0.622. The van der Waals surface area contributed by atoms with E-state index in [4.69, 9.17) is 0 Å². The van der Waals surface area contributed by atoms with Gasteiger partial charge in [-0.15, -0.1) is 16.3 Å². The lowest BCUT2D eigenvalue weighted by Crippen LogP contribution is -1.89. The first-order valence-electron chi connectivity index (χ1n) is 3.62. The van der Waals surface area contributed by atoms with Gasteiger partial charge in [0.2, 0.25) is 0 Å². The highest BCUT2D eigenvalue weighted by atomic mass is 32.1. The molecule has 0 aromatic heterocycles. The molecule has 0 heterocycles. The Labute approximate surface area is 80.0 Å². The highest BCUT2D eigenvalue weighted by molar-refractivity contribution is 7.97. The van der Waals surface area contributed by atoms with Crippen molar-refractivity contribution >= 4 is 22.6 Å². The number of rotatable bonds is 1. The Balaban J connectivity index is 2.69. The number of carbonyl (C=O) groups excluding carboxylic acids is 1. The number of thiol groups is 1. The lowest BCUT2D eigenvalue weighted by molar-refractivity contribution is 0.183. The molecular weight excluding hydrogens is 186 g/mol. The Kier molecular flexibility index (Phi) is 3.96. The summed E-state index contributed by atoms with van der Waals surface area (Å²) in [7, 11) is 1.28. The highest BCUT2D eigenvalue weighted by Gasteiger charge is 1.88. The van der Waals surface area contributed by atoms with E-state index in [1.807, 2.05) is 30.3 Å². The SMILES string of the molecule is COC(=O)N=C=[SH]c1ccccc1.